The van der Waals surface area contributed by atoms with E-state index in [9.17, 15) is 0 Å². The predicted octanol–water partition coefficient (Wildman–Crippen LogP) is 3.43. The second kappa shape index (κ2) is 5.61. The average Bonchev–Trinajstić information content (AvgIpc) is 2.81. The van der Waals surface area contributed by atoms with Crippen LogP contribution in [0.15, 0.2) is 24.3 Å². The lowest BCUT2D eigenvalue weighted by Crippen LogP contribution is -2.10. The van der Waals surface area contributed by atoms with Crippen LogP contribution in [0, 0.1) is 6.92 Å². The van der Waals surface area contributed by atoms with Crippen LogP contribution < -0.4 is 10.1 Å². The lowest BCUT2D eigenvalue weighted by molar-refractivity contribution is 0.321. The van der Waals surface area contributed by atoms with E-state index in [4.69, 9.17) is 4.74 Å². The minimum atomic E-state index is 0.690. The molecule has 3 rings (SSSR count). The maximum Gasteiger partial charge on any atom is 0.140 e. The Morgan fingerprint density at radius 2 is 2.37 bits per heavy atom. The van der Waals surface area contributed by atoms with Crippen LogP contribution in [0.1, 0.15) is 21.9 Å². The van der Waals surface area contributed by atoms with Gasteiger partial charge in [0.05, 0.1) is 11.6 Å². The lowest BCUT2D eigenvalue weighted by atomic mass is 10.2. The maximum absolute atomic E-state index is 5.77. The Labute approximate surface area is 117 Å². The van der Waals surface area contributed by atoms with Crippen LogP contribution in [-0.4, -0.2) is 18.1 Å². The largest absolute Gasteiger partial charge is 0.493 e. The summed E-state index contributed by atoms with van der Waals surface area (Å²) in [5, 5.41) is 4.53. The van der Waals surface area contributed by atoms with Crippen molar-refractivity contribution >= 4 is 17.2 Å². The summed E-state index contributed by atoms with van der Waals surface area (Å²) in [7, 11) is 0. The predicted molar refractivity (Wildman–Crippen MR) is 79.3 cm³/mol. The highest BCUT2D eigenvalue weighted by Gasteiger charge is 2.14. The summed E-state index contributed by atoms with van der Waals surface area (Å²) in [6.45, 7) is 3.82. The molecule has 2 heterocycles. The van der Waals surface area contributed by atoms with Gasteiger partial charge in [-0.25, -0.2) is 4.98 Å². The highest BCUT2D eigenvalue weighted by molar-refractivity contribution is 7.12. The smallest absolute Gasteiger partial charge is 0.140 e. The fraction of sp³-hybridized carbons (Fsp3) is 0.400. The van der Waals surface area contributed by atoms with Gasteiger partial charge >= 0.3 is 0 Å². The second-order valence-electron chi connectivity index (χ2n) is 4.82. The SMILES string of the molecule is Cc1cccc(OCCc2nc3c(s2)CCCN3)c1. The lowest BCUT2D eigenvalue weighted by Gasteiger charge is -2.10. The van der Waals surface area contributed by atoms with E-state index in [0.29, 0.717) is 6.61 Å². The van der Waals surface area contributed by atoms with Crippen LogP contribution in [0.4, 0.5) is 5.82 Å². The van der Waals surface area contributed by atoms with Crippen LogP contribution >= 0.6 is 11.3 Å². The van der Waals surface area contributed by atoms with Crippen LogP contribution in [0.2, 0.25) is 0 Å². The zero-order valence-electron chi connectivity index (χ0n) is 11.1. The van der Waals surface area contributed by atoms with Crippen molar-refractivity contribution in [1.29, 1.82) is 0 Å². The fourth-order valence-electron chi connectivity index (χ4n) is 2.23. The number of aromatic nitrogens is 1. The highest BCUT2D eigenvalue weighted by atomic mass is 32.1. The van der Waals surface area contributed by atoms with E-state index in [0.717, 1.165) is 24.5 Å². The molecule has 0 saturated heterocycles. The molecule has 3 nitrogen and oxygen atoms in total. The van der Waals surface area contributed by atoms with Crippen molar-refractivity contribution in [1.82, 2.24) is 4.98 Å². The standard InChI is InChI=1S/C15H18N2OS/c1-11-4-2-5-12(10-11)18-9-7-14-17-15-13(19-14)6-3-8-16-15/h2,4-5,10,16H,3,6-9H2,1H3. The van der Waals surface area contributed by atoms with Crippen LogP contribution in [0.3, 0.4) is 0 Å². The Bertz CT molecular complexity index is 542. The molecule has 2 aromatic rings. The number of anilines is 1. The molecule has 0 aliphatic carbocycles. The summed E-state index contributed by atoms with van der Waals surface area (Å²) in [5.74, 6) is 2.04. The third kappa shape index (κ3) is 3.07. The van der Waals surface area contributed by atoms with Crippen molar-refractivity contribution < 1.29 is 4.74 Å². The van der Waals surface area contributed by atoms with E-state index >= 15 is 0 Å². The third-order valence-electron chi connectivity index (χ3n) is 3.19. The van der Waals surface area contributed by atoms with Crippen LogP contribution in [0.5, 0.6) is 5.75 Å². The van der Waals surface area contributed by atoms with Gasteiger partial charge in [-0.2, -0.15) is 0 Å². The van der Waals surface area contributed by atoms with Crippen molar-refractivity contribution in [3.8, 4) is 5.75 Å². The van der Waals surface area contributed by atoms with E-state index in [-0.39, 0.29) is 0 Å². The van der Waals surface area contributed by atoms with Crippen molar-refractivity contribution in [2.45, 2.75) is 26.2 Å². The normalized spacial score (nSPS) is 13.7. The molecule has 1 N–H and O–H groups in total. The first-order chi connectivity index (χ1) is 9.31. The molecule has 1 aliphatic heterocycles. The van der Waals surface area contributed by atoms with Crippen molar-refractivity contribution in [3.63, 3.8) is 0 Å². The van der Waals surface area contributed by atoms with E-state index in [1.165, 1.54) is 28.3 Å². The quantitative estimate of drug-likeness (QED) is 0.927. The molecule has 0 spiro atoms. The van der Waals surface area contributed by atoms with Crippen LogP contribution in [0.25, 0.3) is 0 Å². The molecular weight excluding hydrogens is 256 g/mol. The summed E-state index contributed by atoms with van der Waals surface area (Å²) in [6.07, 6.45) is 3.26. The number of nitrogens with one attached hydrogen (secondary N) is 1. The van der Waals surface area contributed by atoms with Crippen molar-refractivity contribution in [2.75, 3.05) is 18.5 Å². The van der Waals surface area contributed by atoms with Gasteiger partial charge in [-0.3, -0.25) is 0 Å². The van der Waals surface area contributed by atoms with Crippen molar-refractivity contribution in [3.05, 3.63) is 39.7 Å². The zero-order valence-corrected chi connectivity index (χ0v) is 11.9. The summed E-state index contributed by atoms with van der Waals surface area (Å²) < 4.78 is 5.77. The molecule has 0 radical (unpaired) electrons. The van der Waals surface area contributed by atoms with E-state index in [2.05, 4.69) is 29.4 Å². The topological polar surface area (TPSA) is 34.1 Å². The maximum atomic E-state index is 5.77. The van der Waals surface area contributed by atoms with E-state index < -0.39 is 0 Å². The van der Waals surface area contributed by atoms with Gasteiger partial charge in [-0.1, -0.05) is 12.1 Å². The molecule has 19 heavy (non-hydrogen) atoms. The van der Waals surface area contributed by atoms with Gasteiger partial charge in [0.15, 0.2) is 0 Å². The Morgan fingerprint density at radius 1 is 1.42 bits per heavy atom. The molecule has 1 aromatic carbocycles. The van der Waals surface area contributed by atoms with Gasteiger partial charge in [0, 0.05) is 17.8 Å². The number of fused-ring (bicyclic) bond motifs is 1. The van der Waals surface area contributed by atoms with Gasteiger partial charge in [-0.05, 0) is 37.5 Å². The zero-order chi connectivity index (χ0) is 13.1. The summed E-state index contributed by atoms with van der Waals surface area (Å²) in [6, 6.07) is 8.17. The van der Waals surface area contributed by atoms with Crippen LogP contribution in [-0.2, 0) is 12.8 Å². The number of benzene rings is 1. The minimum Gasteiger partial charge on any atom is -0.493 e. The van der Waals surface area contributed by atoms with E-state index in [1.807, 2.05) is 23.5 Å². The highest BCUT2D eigenvalue weighted by Crippen LogP contribution is 2.27. The Balaban J connectivity index is 1.56. The number of aryl methyl sites for hydroxylation is 2. The first-order valence-electron chi connectivity index (χ1n) is 6.73. The van der Waals surface area contributed by atoms with E-state index in [1.54, 1.807) is 0 Å². The number of hydrogen-bond acceptors (Lipinski definition) is 4. The number of hydrogen-bond donors (Lipinski definition) is 1. The van der Waals surface area contributed by atoms with Gasteiger partial charge in [0.25, 0.3) is 0 Å². The molecule has 0 fully saturated rings. The summed E-state index contributed by atoms with van der Waals surface area (Å²) >= 11 is 1.82. The first-order valence-corrected chi connectivity index (χ1v) is 7.55. The molecule has 4 heteroatoms. The summed E-state index contributed by atoms with van der Waals surface area (Å²) in [5.41, 5.74) is 1.23. The Morgan fingerprint density at radius 3 is 3.21 bits per heavy atom. The number of ether oxygens (including phenoxy) is 1. The number of nitrogens with zero attached hydrogens (tertiary/aromatic N) is 1. The number of thiazole rings is 1. The summed E-state index contributed by atoms with van der Waals surface area (Å²) in [4.78, 5) is 6.03. The van der Waals surface area contributed by atoms with Gasteiger partial charge in [-0.15, -0.1) is 11.3 Å². The van der Waals surface area contributed by atoms with Gasteiger partial charge in [0.2, 0.25) is 0 Å². The molecule has 1 aromatic heterocycles. The fourth-order valence-corrected chi connectivity index (χ4v) is 3.30. The second-order valence-corrected chi connectivity index (χ2v) is 5.99. The Kier molecular flexibility index (Phi) is 3.69. The molecule has 0 bridgehead atoms. The molecular formula is C15H18N2OS. The van der Waals surface area contributed by atoms with Gasteiger partial charge in [0.1, 0.15) is 11.6 Å². The molecule has 1 aliphatic rings. The average molecular weight is 274 g/mol. The molecule has 0 amide bonds. The third-order valence-corrected chi connectivity index (χ3v) is 4.36. The van der Waals surface area contributed by atoms with Gasteiger partial charge < -0.3 is 10.1 Å². The minimum absolute atomic E-state index is 0.690. The monoisotopic (exact) mass is 274 g/mol. The molecule has 0 unspecified atom stereocenters. The molecule has 0 saturated carbocycles. The first kappa shape index (κ1) is 12.5. The number of rotatable bonds is 4. The Hall–Kier alpha value is -1.55. The van der Waals surface area contributed by atoms with Crippen molar-refractivity contribution in [2.24, 2.45) is 0 Å². The molecule has 0 atom stereocenters. The molecule has 100 valence electrons.